The van der Waals surface area contributed by atoms with Crippen LogP contribution in [0.2, 0.25) is 25.7 Å². The molecule has 1 aromatic heterocycles. The van der Waals surface area contributed by atoms with Gasteiger partial charge < -0.3 is 9.84 Å². The second-order valence-corrected chi connectivity index (χ2v) is 13.1. The molecule has 0 aliphatic heterocycles. The number of fused-ring (bicyclic) bond motifs is 3. The van der Waals surface area contributed by atoms with E-state index in [1.54, 1.807) is 4.68 Å². The molecule has 1 aromatic rings. The predicted molar refractivity (Wildman–Crippen MR) is 82.5 cm³/mol. The molecule has 2 unspecified atom stereocenters. The number of carboxylic acid groups (broad SMARTS) is 1. The lowest BCUT2D eigenvalue weighted by Gasteiger charge is -2.17. The standard InChI is InChI=1S/C15H24N2O3Si/c1-21(2,3)7-6-20-9-17-12-5-4-10-8-11(10)13(12)14(16-17)15(18)19/h10-11H,4-9H2,1-3H3,(H,18,19). The first kappa shape index (κ1) is 14.8. The molecule has 21 heavy (non-hydrogen) atoms. The number of aromatic nitrogens is 2. The van der Waals surface area contributed by atoms with E-state index < -0.39 is 14.0 Å². The number of carboxylic acids is 1. The van der Waals surface area contributed by atoms with Crippen molar-refractivity contribution in [1.29, 1.82) is 0 Å². The van der Waals surface area contributed by atoms with Crippen molar-refractivity contribution in [3.8, 4) is 0 Å². The molecule has 0 radical (unpaired) electrons. The van der Waals surface area contributed by atoms with Gasteiger partial charge in [-0.15, -0.1) is 0 Å². The maximum Gasteiger partial charge on any atom is 0.356 e. The van der Waals surface area contributed by atoms with E-state index in [1.807, 2.05) is 0 Å². The summed E-state index contributed by atoms with van der Waals surface area (Å²) in [6.07, 6.45) is 3.24. The molecule has 1 heterocycles. The second-order valence-electron chi connectivity index (χ2n) is 7.50. The predicted octanol–water partition coefficient (Wildman–Crippen LogP) is 2.94. The molecular formula is C15H24N2O3Si. The fourth-order valence-corrected chi connectivity index (χ4v) is 3.96. The van der Waals surface area contributed by atoms with Crippen molar-refractivity contribution in [2.75, 3.05) is 6.61 Å². The van der Waals surface area contributed by atoms with Crippen molar-refractivity contribution in [2.45, 2.75) is 57.6 Å². The van der Waals surface area contributed by atoms with E-state index >= 15 is 0 Å². The highest BCUT2D eigenvalue weighted by molar-refractivity contribution is 6.76. The minimum atomic E-state index is -1.09. The smallest absolute Gasteiger partial charge is 0.356 e. The minimum Gasteiger partial charge on any atom is -0.476 e. The quantitative estimate of drug-likeness (QED) is 0.648. The van der Waals surface area contributed by atoms with Crippen molar-refractivity contribution in [3.63, 3.8) is 0 Å². The second kappa shape index (κ2) is 5.25. The SMILES string of the molecule is C[Si](C)(C)CCOCn1nc(C(=O)O)c2c1CCC1CC21. The van der Waals surface area contributed by atoms with E-state index in [1.165, 1.54) is 0 Å². The normalized spacial score (nSPS) is 23.6. The molecule has 2 atom stereocenters. The molecule has 0 bridgehead atoms. The summed E-state index contributed by atoms with van der Waals surface area (Å²) in [4.78, 5) is 11.4. The topological polar surface area (TPSA) is 64.4 Å². The number of hydrogen-bond acceptors (Lipinski definition) is 3. The molecule has 2 aliphatic carbocycles. The highest BCUT2D eigenvalue weighted by Crippen LogP contribution is 2.55. The Balaban J connectivity index is 1.71. The van der Waals surface area contributed by atoms with Gasteiger partial charge in [0, 0.05) is 25.9 Å². The van der Waals surface area contributed by atoms with Crippen LogP contribution < -0.4 is 0 Å². The zero-order valence-corrected chi connectivity index (χ0v) is 14.1. The first-order valence-corrected chi connectivity index (χ1v) is 11.5. The molecule has 6 heteroatoms. The third kappa shape index (κ3) is 3.06. The number of ether oxygens (including phenoxy) is 1. The lowest BCUT2D eigenvalue weighted by atomic mass is 9.96. The number of aromatic carboxylic acids is 1. The van der Waals surface area contributed by atoms with Gasteiger partial charge in [0.25, 0.3) is 0 Å². The van der Waals surface area contributed by atoms with E-state index in [9.17, 15) is 9.90 Å². The Labute approximate surface area is 126 Å². The van der Waals surface area contributed by atoms with Crippen molar-refractivity contribution in [1.82, 2.24) is 9.78 Å². The van der Waals surface area contributed by atoms with Crippen molar-refractivity contribution in [3.05, 3.63) is 17.0 Å². The van der Waals surface area contributed by atoms with Crippen LogP contribution >= 0.6 is 0 Å². The van der Waals surface area contributed by atoms with E-state index in [4.69, 9.17) is 4.74 Å². The highest BCUT2D eigenvalue weighted by Gasteiger charge is 2.46. The zero-order valence-electron chi connectivity index (χ0n) is 13.1. The van der Waals surface area contributed by atoms with Crippen LogP contribution in [0.25, 0.3) is 0 Å². The van der Waals surface area contributed by atoms with Crippen molar-refractivity contribution in [2.24, 2.45) is 5.92 Å². The van der Waals surface area contributed by atoms with Gasteiger partial charge in [0.1, 0.15) is 6.73 Å². The summed E-state index contributed by atoms with van der Waals surface area (Å²) in [5, 5.41) is 13.7. The summed E-state index contributed by atoms with van der Waals surface area (Å²) in [6, 6.07) is 1.12. The van der Waals surface area contributed by atoms with Gasteiger partial charge in [-0.25, -0.2) is 9.48 Å². The average Bonchev–Trinajstić information content (AvgIpc) is 3.08. The van der Waals surface area contributed by atoms with E-state index in [2.05, 4.69) is 24.7 Å². The van der Waals surface area contributed by atoms with Gasteiger partial charge in [0.2, 0.25) is 0 Å². The first-order valence-electron chi connectivity index (χ1n) is 7.77. The van der Waals surface area contributed by atoms with Gasteiger partial charge in [-0.1, -0.05) is 19.6 Å². The Bertz CT molecular complexity index is 562. The van der Waals surface area contributed by atoms with Crippen molar-refractivity contribution < 1.29 is 14.6 Å². The summed E-state index contributed by atoms with van der Waals surface area (Å²) in [7, 11) is -1.09. The van der Waals surface area contributed by atoms with E-state index in [-0.39, 0.29) is 5.69 Å². The molecule has 2 aliphatic rings. The molecule has 0 amide bonds. The lowest BCUT2D eigenvalue weighted by molar-refractivity contribution is 0.0668. The molecule has 0 spiro atoms. The molecule has 0 aromatic carbocycles. The fourth-order valence-electron chi connectivity index (χ4n) is 3.20. The first-order chi connectivity index (χ1) is 9.87. The van der Waals surface area contributed by atoms with Crippen LogP contribution in [0.15, 0.2) is 0 Å². The average molecular weight is 308 g/mol. The molecule has 3 rings (SSSR count). The molecular weight excluding hydrogens is 284 g/mol. The van der Waals surface area contributed by atoms with Crippen LogP contribution in [0, 0.1) is 5.92 Å². The minimum absolute atomic E-state index is 0.256. The third-order valence-electron chi connectivity index (χ3n) is 4.56. The van der Waals surface area contributed by atoms with Gasteiger partial charge in [0.05, 0.1) is 0 Å². The van der Waals surface area contributed by atoms with Crippen LogP contribution in [0.1, 0.15) is 40.5 Å². The number of rotatable bonds is 6. The summed E-state index contributed by atoms with van der Waals surface area (Å²) in [6.45, 7) is 8.09. The Morgan fingerprint density at radius 3 is 2.90 bits per heavy atom. The highest BCUT2D eigenvalue weighted by atomic mass is 28.3. The summed E-state index contributed by atoms with van der Waals surface area (Å²) < 4.78 is 7.54. The Morgan fingerprint density at radius 1 is 1.48 bits per heavy atom. The number of hydrogen-bond donors (Lipinski definition) is 1. The lowest BCUT2D eigenvalue weighted by Crippen LogP contribution is -2.22. The molecule has 116 valence electrons. The Hall–Kier alpha value is -1.14. The van der Waals surface area contributed by atoms with E-state index in [0.717, 1.165) is 43.2 Å². The Morgan fingerprint density at radius 2 is 2.24 bits per heavy atom. The summed E-state index contributed by atoms with van der Waals surface area (Å²) in [5.41, 5.74) is 2.35. The van der Waals surface area contributed by atoms with Crippen molar-refractivity contribution >= 4 is 14.0 Å². The number of carbonyl (C=O) groups is 1. The number of nitrogens with zero attached hydrogens (tertiary/aromatic N) is 2. The maximum atomic E-state index is 11.4. The van der Waals surface area contributed by atoms with Crippen LogP contribution in [0.5, 0.6) is 0 Å². The fraction of sp³-hybridized carbons (Fsp3) is 0.733. The van der Waals surface area contributed by atoms with Gasteiger partial charge >= 0.3 is 5.97 Å². The molecule has 5 nitrogen and oxygen atoms in total. The Kier molecular flexibility index (Phi) is 3.69. The molecule has 1 saturated carbocycles. The zero-order chi connectivity index (χ0) is 15.2. The van der Waals surface area contributed by atoms with E-state index in [0.29, 0.717) is 18.6 Å². The van der Waals surface area contributed by atoms with Gasteiger partial charge in [-0.05, 0) is 37.1 Å². The van der Waals surface area contributed by atoms with Crippen LogP contribution in [-0.4, -0.2) is 35.5 Å². The largest absolute Gasteiger partial charge is 0.476 e. The van der Waals surface area contributed by atoms with Crippen LogP contribution in [-0.2, 0) is 17.9 Å². The van der Waals surface area contributed by atoms with Gasteiger partial charge in [0.15, 0.2) is 5.69 Å². The molecule has 0 saturated heterocycles. The van der Waals surface area contributed by atoms with Crippen LogP contribution in [0.4, 0.5) is 0 Å². The monoisotopic (exact) mass is 308 g/mol. The maximum absolute atomic E-state index is 11.4. The third-order valence-corrected chi connectivity index (χ3v) is 6.26. The van der Waals surface area contributed by atoms with Gasteiger partial charge in [-0.2, -0.15) is 5.10 Å². The molecule has 1 fully saturated rings. The summed E-state index contributed by atoms with van der Waals surface area (Å²) in [5.74, 6) is 0.233. The summed E-state index contributed by atoms with van der Waals surface area (Å²) >= 11 is 0. The van der Waals surface area contributed by atoms with Gasteiger partial charge in [-0.3, -0.25) is 0 Å². The molecule has 1 N–H and O–H groups in total. The van der Waals surface area contributed by atoms with Crippen LogP contribution in [0.3, 0.4) is 0 Å².